The van der Waals surface area contributed by atoms with Crippen LogP contribution in [0, 0.1) is 39.9 Å². The minimum absolute atomic E-state index is 0.0461. The number of aliphatic hydroxyl groups excluding tert-OH is 4. The van der Waals surface area contributed by atoms with Crippen molar-refractivity contribution in [2.24, 2.45) is 17.3 Å². The second kappa shape index (κ2) is 78.0. The second-order valence-corrected chi connectivity index (χ2v) is 31.7. The maximum Gasteiger partial charge on any atom is 0.460 e. The molecule has 0 spiro atoms. The highest BCUT2D eigenvalue weighted by Gasteiger charge is 2.92. The van der Waals surface area contributed by atoms with E-state index in [1.54, 1.807) is 36.4 Å². The van der Waals surface area contributed by atoms with Gasteiger partial charge in [0.2, 0.25) is 0 Å². The van der Waals surface area contributed by atoms with E-state index in [0.717, 1.165) is 89.1 Å². The third kappa shape index (κ3) is 54.0. The molecule has 150 heavy (non-hydrogen) atoms. The summed E-state index contributed by atoms with van der Waals surface area (Å²) in [5.74, 6) is -82.0. The maximum atomic E-state index is 14.4. The molecule has 0 radical (unpaired) electrons. The average Bonchev–Trinajstić information content (AvgIpc) is 0.919. The lowest BCUT2D eigenvalue weighted by Gasteiger charge is -2.39. The molecule has 0 aliphatic heterocycles. The number of ether oxygens (including phenoxy) is 16. The summed E-state index contributed by atoms with van der Waals surface area (Å²) < 4.78 is 424. The van der Waals surface area contributed by atoms with Crippen LogP contribution in [-0.4, -0.2) is 313 Å². The van der Waals surface area contributed by atoms with Gasteiger partial charge in [0.15, 0.2) is 0 Å². The zero-order valence-electron chi connectivity index (χ0n) is 83.4. The van der Waals surface area contributed by atoms with Crippen LogP contribution in [0.3, 0.4) is 0 Å². The minimum Gasteiger partial charge on any atom is -0.494 e. The van der Waals surface area contributed by atoms with Gasteiger partial charge in [-0.05, 0) is 164 Å². The molecule has 54 heteroatoms. The Labute approximate surface area is 852 Å². The number of hydrogen-bond donors (Lipinski definition) is 4. The number of carbonyl (C=O) groups is 6. The van der Waals surface area contributed by atoms with Gasteiger partial charge in [0.25, 0.3) is 0 Å². The van der Waals surface area contributed by atoms with Crippen molar-refractivity contribution in [3.63, 3.8) is 0 Å². The topological polar surface area (TPSA) is 379 Å². The molecule has 0 amide bonds. The van der Waals surface area contributed by atoms with Crippen molar-refractivity contribution in [2.45, 2.75) is 246 Å². The first-order chi connectivity index (χ1) is 70.5. The van der Waals surface area contributed by atoms with Crippen LogP contribution in [0.2, 0.25) is 0 Å². The Morgan fingerprint density at radius 2 is 0.593 bits per heavy atom. The normalized spacial score (nSPS) is 14.1. The molecule has 0 heterocycles. The summed E-state index contributed by atoms with van der Waals surface area (Å²) in [6.07, 6.45) is -5.69. The number of nitrogens with zero attached hydrogens (tertiary/aromatic N) is 2. The summed E-state index contributed by atoms with van der Waals surface area (Å²) in [4.78, 5) is 70.9. The Balaban J connectivity index is -0.00000229. The molecule has 0 bridgehead atoms. The summed E-state index contributed by atoms with van der Waals surface area (Å²) in [5, 5.41) is 51.6. The van der Waals surface area contributed by atoms with Crippen molar-refractivity contribution < 1.29 is 239 Å². The molecule has 3 rings (SSSR count). The number of benzene rings is 2. The SMILES string of the molecule is C=CC(=O)OCCC(F)(F)C(F)(F)C(F)(F)C(F)(F)C(F)(F)C(F)(F)F.C=CC(=O)OCCCCOc1ccc(C#N)cc1.C=CC(=O)OCCCO.CC.CCC(C(=O)OCCC(F)(F)C(F)(F)C(F)(F)C(F)(F)C(F)(F)C(F)(F)F)C1CC1(CCC(=O)OCCCOCCCOCCCOCCCOCCCOCCCO)C(=O)OCCCCOc1ccc(C#N)cc1.OCCCOCCCCCCOCCCOCCCO. The molecular formula is C96H136F26N2O26. The monoisotopic (exact) mass is 2230 g/mol. The fraction of sp³-hybridized carbons (Fsp3) is 0.729. The van der Waals surface area contributed by atoms with E-state index in [1.165, 1.54) is 31.9 Å². The van der Waals surface area contributed by atoms with Crippen molar-refractivity contribution in [3.8, 4) is 23.6 Å². The minimum atomic E-state index is -8.08. The summed E-state index contributed by atoms with van der Waals surface area (Å²) in [6, 6.07) is 17.1. The van der Waals surface area contributed by atoms with Crippen LogP contribution in [0.5, 0.6) is 11.5 Å². The highest BCUT2D eigenvalue weighted by molar-refractivity contribution is 5.85. The van der Waals surface area contributed by atoms with E-state index in [-0.39, 0.29) is 91.6 Å². The van der Waals surface area contributed by atoms with E-state index in [1.807, 2.05) is 26.0 Å². The number of esters is 6. The molecule has 28 nitrogen and oxygen atoms in total. The van der Waals surface area contributed by atoms with Gasteiger partial charge in [-0.15, -0.1) is 0 Å². The van der Waals surface area contributed by atoms with E-state index in [4.69, 9.17) is 92.5 Å². The van der Waals surface area contributed by atoms with Gasteiger partial charge in [-0.2, -0.15) is 125 Å². The lowest BCUT2D eigenvalue weighted by atomic mass is 9.89. The van der Waals surface area contributed by atoms with Gasteiger partial charge in [-0.1, -0.05) is 53.3 Å². The Bertz CT molecular complexity index is 4040. The van der Waals surface area contributed by atoms with Crippen LogP contribution in [0.25, 0.3) is 0 Å². The highest BCUT2D eigenvalue weighted by Crippen LogP contribution is 2.64. The van der Waals surface area contributed by atoms with Crippen molar-refractivity contribution in [1.82, 2.24) is 0 Å². The van der Waals surface area contributed by atoms with Gasteiger partial charge in [-0.3, -0.25) is 14.4 Å². The molecule has 1 fully saturated rings. The van der Waals surface area contributed by atoms with Crippen molar-refractivity contribution in [1.29, 1.82) is 10.5 Å². The molecule has 4 N–H and O–H groups in total. The molecule has 1 saturated carbocycles. The second-order valence-electron chi connectivity index (χ2n) is 31.7. The van der Waals surface area contributed by atoms with Crippen LogP contribution < -0.4 is 9.47 Å². The summed E-state index contributed by atoms with van der Waals surface area (Å²) in [7, 11) is 0. The largest absolute Gasteiger partial charge is 0.494 e. The summed E-state index contributed by atoms with van der Waals surface area (Å²) >= 11 is 0. The maximum absolute atomic E-state index is 14.4. The first kappa shape index (κ1) is 145. The fourth-order valence-electron chi connectivity index (χ4n) is 11.8. The van der Waals surface area contributed by atoms with Gasteiger partial charge in [0, 0.05) is 170 Å². The first-order valence-electron chi connectivity index (χ1n) is 47.6. The van der Waals surface area contributed by atoms with Crippen LogP contribution in [0.15, 0.2) is 86.5 Å². The zero-order chi connectivity index (χ0) is 115. The van der Waals surface area contributed by atoms with Gasteiger partial charge in [0.05, 0.1) is 100 Å². The number of alkyl halides is 26. The molecule has 3 unspecified atom stereocenters. The molecule has 1 aliphatic carbocycles. The number of aliphatic hydroxyl groups is 4. The van der Waals surface area contributed by atoms with Crippen LogP contribution in [-0.2, 0) is 95.1 Å². The van der Waals surface area contributed by atoms with Gasteiger partial charge < -0.3 is 96.2 Å². The van der Waals surface area contributed by atoms with Gasteiger partial charge in [0.1, 0.15) is 11.5 Å². The lowest BCUT2D eigenvalue weighted by Crippen LogP contribution is -2.70. The Kier molecular flexibility index (Phi) is 75.3. The number of rotatable bonds is 79. The Morgan fingerprint density at radius 1 is 0.340 bits per heavy atom. The molecule has 2 aromatic rings. The first-order valence-corrected chi connectivity index (χ1v) is 47.6. The fourth-order valence-corrected chi connectivity index (χ4v) is 11.8. The number of halogens is 26. The summed E-state index contributed by atoms with van der Waals surface area (Å²) in [6.45, 7) is 21.7. The Hall–Kier alpha value is -9.24. The molecule has 2 aromatic carbocycles. The third-order valence-electron chi connectivity index (χ3n) is 20.2. The van der Waals surface area contributed by atoms with E-state index < -0.39 is 157 Å². The molecule has 1 aliphatic rings. The van der Waals surface area contributed by atoms with Gasteiger partial charge in [-0.25, -0.2) is 14.4 Å². The van der Waals surface area contributed by atoms with E-state index >= 15 is 0 Å². The van der Waals surface area contributed by atoms with E-state index in [0.29, 0.717) is 154 Å². The smallest absolute Gasteiger partial charge is 0.460 e. The number of nitriles is 2. The molecule has 868 valence electrons. The van der Waals surface area contributed by atoms with Crippen molar-refractivity contribution in [3.05, 3.63) is 97.6 Å². The predicted molar refractivity (Wildman–Crippen MR) is 483 cm³/mol. The van der Waals surface area contributed by atoms with Gasteiger partial charge >= 0.3 is 107 Å². The lowest BCUT2D eigenvalue weighted by molar-refractivity contribution is -0.440. The van der Waals surface area contributed by atoms with Crippen molar-refractivity contribution in [2.75, 3.05) is 185 Å². The zero-order valence-corrected chi connectivity index (χ0v) is 83.4. The van der Waals surface area contributed by atoms with Crippen LogP contribution in [0.4, 0.5) is 114 Å². The third-order valence-corrected chi connectivity index (χ3v) is 20.2. The Morgan fingerprint density at radius 3 is 0.893 bits per heavy atom. The number of carbonyl (C=O) groups excluding carboxylic acids is 6. The van der Waals surface area contributed by atoms with E-state index in [2.05, 4.69) is 33.9 Å². The summed E-state index contributed by atoms with van der Waals surface area (Å²) in [5.41, 5.74) is -0.584. The average molecular weight is 2230 g/mol. The molecule has 0 saturated heterocycles. The number of unbranched alkanes of at least 4 members (excludes halogenated alkanes) is 5. The van der Waals surface area contributed by atoms with Crippen molar-refractivity contribution >= 4 is 35.8 Å². The van der Waals surface area contributed by atoms with Crippen LogP contribution >= 0.6 is 0 Å². The quantitative estimate of drug-likeness (QED) is 0.0157. The molecule has 0 aromatic heterocycles. The van der Waals surface area contributed by atoms with Crippen LogP contribution in [0.1, 0.15) is 186 Å². The molecule has 3 atom stereocenters. The standard InChI is InChI=1S/C48H66F13NO13.C15H32O5.C14H15NO3.C11H7F13O2.C6H10O3.C2H6/c1-2-37(40(65)74-32-17-43(49,50)44(51,52)45(53,54)46(55,56)47(57,58)48(59,60)61)38-33-42(38,41(66)75-30-4-3-29-72-36-13-11-35(34-62)12-14-36)16-15-39(64)73-31-10-28-71-27-9-26-70-25-8-24-69-23-7-22-68-21-6-20-67-19-5-18-63;16-8-5-12-18-10-3-1-2-4-11-19-14-7-15-20-13-6-9-17;1-2-14(16)18-10-4-3-9-17-13-7-5-12(11-15)6-8-13;1-2-5(25)26-4-3-6(12,13)7(14,15)8(16,17)9(18,19)10(20,21)11(22,23)24;1-2-6(8)9-5-3-4-7;1-2/h11-14,37-38,63H,2-10,15-33H2,1H3;16-17H,1-15H2;2,5-8H,1,3-4,9-10H2;2H,1,3-4H2;2,7H,1,3-5H2;1-2H3. The highest BCUT2D eigenvalue weighted by atomic mass is 19.4. The van der Waals surface area contributed by atoms with E-state index in [9.17, 15) is 143 Å². The molecular weight excluding hydrogens is 2090 g/mol. The number of hydrogen-bond acceptors (Lipinski definition) is 28. The predicted octanol–water partition coefficient (Wildman–Crippen LogP) is 19.9.